The minimum atomic E-state index is -0.354. The van der Waals surface area contributed by atoms with Gasteiger partial charge in [0.25, 0.3) is 5.91 Å². The van der Waals surface area contributed by atoms with Crippen LogP contribution in [0, 0.1) is 13.8 Å². The number of amides is 1. The van der Waals surface area contributed by atoms with E-state index in [9.17, 15) is 9.90 Å². The maximum Gasteiger partial charge on any atom is 0.273 e. The largest absolute Gasteiger partial charge is 0.507 e. The van der Waals surface area contributed by atoms with E-state index in [2.05, 4.69) is 22.3 Å². The molecule has 0 radical (unpaired) electrons. The van der Waals surface area contributed by atoms with Crippen LogP contribution in [-0.4, -0.2) is 32.4 Å². The number of nitrogens with one attached hydrogen (secondary N) is 1. The van der Waals surface area contributed by atoms with E-state index < -0.39 is 0 Å². The van der Waals surface area contributed by atoms with Crippen LogP contribution in [0.5, 0.6) is 5.75 Å². The Bertz CT molecular complexity index is 1270. The lowest BCUT2D eigenvalue weighted by Crippen LogP contribution is -2.29. The van der Waals surface area contributed by atoms with E-state index in [4.69, 9.17) is 4.42 Å². The molecule has 2 N–H and O–H groups in total. The number of hydrogen-bond donors (Lipinski definition) is 2. The number of aromatic hydroxyl groups is 1. The number of hydrogen-bond acceptors (Lipinski definition) is 5. The molecule has 0 saturated carbocycles. The van der Waals surface area contributed by atoms with Crippen LogP contribution in [0.1, 0.15) is 44.5 Å². The van der Waals surface area contributed by atoms with E-state index >= 15 is 0 Å². The molecule has 1 aliphatic rings. The number of phenols is 1. The van der Waals surface area contributed by atoms with E-state index in [1.54, 1.807) is 29.0 Å². The van der Waals surface area contributed by atoms with Crippen molar-refractivity contribution < 1.29 is 14.3 Å². The van der Waals surface area contributed by atoms with Gasteiger partial charge in [0.1, 0.15) is 22.9 Å². The molecular weight excluding hydrogens is 422 g/mol. The topological polar surface area (TPSA) is 82.4 Å². The van der Waals surface area contributed by atoms with Gasteiger partial charge in [-0.25, -0.2) is 0 Å². The van der Waals surface area contributed by atoms with E-state index in [0.29, 0.717) is 29.3 Å². The second-order valence-corrected chi connectivity index (χ2v) is 8.90. The van der Waals surface area contributed by atoms with Crippen LogP contribution >= 0.6 is 11.8 Å². The first kappa shape index (κ1) is 20.5. The van der Waals surface area contributed by atoms with E-state index in [-0.39, 0.29) is 17.7 Å². The van der Waals surface area contributed by atoms with Gasteiger partial charge in [-0.3, -0.25) is 9.89 Å². The fourth-order valence-electron chi connectivity index (χ4n) is 4.51. The Kier molecular flexibility index (Phi) is 5.06. The first-order chi connectivity index (χ1) is 15.5. The summed E-state index contributed by atoms with van der Waals surface area (Å²) in [5, 5.41) is 18.2. The number of rotatable bonds is 5. The summed E-state index contributed by atoms with van der Waals surface area (Å²) in [6, 6.07) is 15.3. The average Bonchev–Trinajstić information content (AvgIpc) is 3.48. The zero-order valence-corrected chi connectivity index (χ0v) is 18.9. The van der Waals surface area contributed by atoms with Crippen molar-refractivity contribution in [2.75, 3.05) is 6.26 Å². The molecule has 0 aliphatic carbocycles. The molecule has 2 aromatic heterocycles. The first-order valence-electron chi connectivity index (χ1n) is 10.3. The second kappa shape index (κ2) is 7.91. The number of aromatic nitrogens is 2. The summed E-state index contributed by atoms with van der Waals surface area (Å²) in [5.41, 5.74) is 5.33. The number of benzene rings is 2. The number of carbonyl (C=O) groups is 1. The quantitative estimate of drug-likeness (QED) is 0.399. The maximum absolute atomic E-state index is 13.4. The SMILES string of the molecule is CSc1ccc([C@H]2c3c(-c4c(C)cc(C)cc4O)n[nH]c3C(=O)N2Cc2ccco2)cc1. The number of furan rings is 1. The summed E-state index contributed by atoms with van der Waals surface area (Å²) in [6.07, 6.45) is 3.64. The van der Waals surface area contributed by atoms with Crippen LogP contribution in [0.15, 0.2) is 64.1 Å². The monoisotopic (exact) mass is 445 g/mol. The Morgan fingerprint density at radius 2 is 1.97 bits per heavy atom. The summed E-state index contributed by atoms with van der Waals surface area (Å²) < 4.78 is 5.54. The fourth-order valence-corrected chi connectivity index (χ4v) is 4.92. The molecule has 4 aromatic rings. The molecule has 0 bridgehead atoms. The van der Waals surface area contributed by atoms with Gasteiger partial charge < -0.3 is 14.4 Å². The summed E-state index contributed by atoms with van der Waals surface area (Å²) in [5.74, 6) is 0.724. The molecule has 0 fully saturated rings. The Morgan fingerprint density at radius 1 is 1.19 bits per heavy atom. The van der Waals surface area contributed by atoms with Crippen molar-refractivity contribution in [3.8, 4) is 17.0 Å². The van der Waals surface area contributed by atoms with Crippen LogP contribution in [0.3, 0.4) is 0 Å². The van der Waals surface area contributed by atoms with Crippen molar-refractivity contribution in [1.82, 2.24) is 15.1 Å². The zero-order valence-electron chi connectivity index (χ0n) is 18.0. The lowest BCUT2D eigenvalue weighted by molar-refractivity contribution is 0.0717. The van der Waals surface area contributed by atoms with Crippen molar-refractivity contribution in [1.29, 1.82) is 0 Å². The smallest absolute Gasteiger partial charge is 0.273 e. The number of carbonyl (C=O) groups excluding carboxylic acids is 1. The highest BCUT2D eigenvalue weighted by molar-refractivity contribution is 7.98. The molecule has 5 rings (SSSR count). The average molecular weight is 446 g/mol. The molecule has 0 saturated heterocycles. The number of fused-ring (bicyclic) bond motifs is 1. The summed E-state index contributed by atoms with van der Waals surface area (Å²) in [4.78, 5) is 16.4. The van der Waals surface area contributed by atoms with Crippen molar-refractivity contribution in [3.05, 3.63) is 88.5 Å². The van der Waals surface area contributed by atoms with Crippen LogP contribution in [0.2, 0.25) is 0 Å². The number of nitrogens with zero attached hydrogens (tertiary/aromatic N) is 2. The number of aryl methyl sites for hydroxylation is 2. The predicted octanol–water partition coefficient (Wildman–Crippen LogP) is 5.46. The molecule has 3 heterocycles. The number of aromatic amines is 1. The molecule has 32 heavy (non-hydrogen) atoms. The molecule has 0 unspecified atom stereocenters. The molecule has 2 aromatic carbocycles. The number of H-pyrrole nitrogens is 1. The second-order valence-electron chi connectivity index (χ2n) is 8.02. The molecular formula is C25H23N3O3S. The summed E-state index contributed by atoms with van der Waals surface area (Å²) in [6.45, 7) is 4.22. The van der Waals surface area contributed by atoms with Gasteiger partial charge in [-0.05, 0) is 67.1 Å². The lowest BCUT2D eigenvalue weighted by atomic mass is 9.93. The predicted molar refractivity (Wildman–Crippen MR) is 124 cm³/mol. The van der Waals surface area contributed by atoms with Gasteiger partial charge in [-0.1, -0.05) is 18.2 Å². The van der Waals surface area contributed by atoms with Gasteiger partial charge in [-0.2, -0.15) is 5.10 Å². The third-order valence-electron chi connectivity index (χ3n) is 5.90. The Morgan fingerprint density at radius 3 is 2.62 bits per heavy atom. The third kappa shape index (κ3) is 3.29. The highest BCUT2D eigenvalue weighted by Crippen LogP contribution is 2.46. The summed E-state index contributed by atoms with van der Waals surface area (Å²) in [7, 11) is 0. The van der Waals surface area contributed by atoms with Crippen molar-refractivity contribution in [2.45, 2.75) is 31.3 Å². The van der Waals surface area contributed by atoms with E-state index in [0.717, 1.165) is 27.1 Å². The molecule has 1 aliphatic heterocycles. The van der Waals surface area contributed by atoms with Crippen LogP contribution in [0.4, 0.5) is 0 Å². The van der Waals surface area contributed by atoms with Crippen LogP contribution < -0.4 is 0 Å². The normalized spacial score (nSPS) is 15.4. The molecule has 7 heteroatoms. The lowest BCUT2D eigenvalue weighted by Gasteiger charge is -2.26. The van der Waals surface area contributed by atoms with Gasteiger partial charge in [0.15, 0.2) is 0 Å². The molecule has 162 valence electrons. The molecule has 0 spiro atoms. The van der Waals surface area contributed by atoms with Crippen LogP contribution in [-0.2, 0) is 6.54 Å². The fraction of sp³-hybridized carbons (Fsp3) is 0.200. The Hall–Kier alpha value is -3.45. The standard InChI is InChI=1S/C25H23N3O3S/c1-14-11-15(2)20(19(29)12-14)22-21-23(27-26-22)25(30)28(13-17-5-4-10-31-17)24(21)16-6-8-18(32-3)9-7-16/h4-12,24,29H,13H2,1-3H3,(H,26,27)/t24-/m0/s1. The first-order valence-corrected chi connectivity index (χ1v) is 11.6. The van der Waals surface area contributed by atoms with E-state index in [1.807, 2.05) is 50.4 Å². The van der Waals surface area contributed by atoms with E-state index in [1.165, 1.54) is 0 Å². The molecule has 1 amide bonds. The zero-order chi connectivity index (χ0) is 22.4. The van der Waals surface area contributed by atoms with Gasteiger partial charge >= 0.3 is 0 Å². The van der Waals surface area contributed by atoms with Crippen molar-refractivity contribution in [3.63, 3.8) is 0 Å². The highest BCUT2D eigenvalue weighted by atomic mass is 32.2. The van der Waals surface area contributed by atoms with Crippen molar-refractivity contribution >= 4 is 17.7 Å². The number of phenolic OH excluding ortho intramolecular Hbond substituents is 1. The maximum atomic E-state index is 13.4. The van der Waals surface area contributed by atoms with Crippen molar-refractivity contribution in [2.24, 2.45) is 0 Å². The third-order valence-corrected chi connectivity index (χ3v) is 6.64. The van der Waals surface area contributed by atoms with Gasteiger partial charge in [0, 0.05) is 16.0 Å². The highest BCUT2D eigenvalue weighted by Gasteiger charge is 2.43. The Labute approximate surface area is 190 Å². The Balaban J connectivity index is 1.69. The number of thioether (sulfide) groups is 1. The van der Waals surface area contributed by atoms with Crippen LogP contribution in [0.25, 0.3) is 11.3 Å². The minimum Gasteiger partial charge on any atom is -0.507 e. The van der Waals surface area contributed by atoms with Gasteiger partial charge in [0.2, 0.25) is 0 Å². The molecule has 6 nitrogen and oxygen atoms in total. The van der Waals surface area contributed by atoms with Gasteiger partial charge in [0.05, 0.1) is 18.8 Å². The minimum absolute atomic E-state index is 0.140. The summed E-state index contributed by atoms with van der Waals surface area (Å²) >= 11 is 1.67. The molecule has 1 atom stereocenters. The van der Waals surface area contributed by atoms with Gasteiger partial charge in [-0.15, -0.1) is 11.8 Å².